The van der Waals surface area contributed by atoms with Gasteiger partial charge >= 0.3 is 0 Å². The Kier molecular flexibility index (Phi) is 13.5. The van der Waals surface area contributed by atoms with Crippen LogP contribution in [0.4, 0.5) is 0 Å². The number of rotatable bonds is 14. The molecule has 0 fully saturated rings. The minimum atomic E-state index is 1.20. The molecule has 0 unspecified atom stereocenters. The highest BCUT2D eigenvalue weighted by atomic mass is 15.3. The van der Waals surface area contributed by atoms with Gasteiger partial charge in [0, 0.05) is 0 Å². The van der Waals surface area contributed by atoms with E-state index in [0.29, 0.717) is 0 Å². The zero-order chi connectivity index (χ0) is 17.6. The van der Waals surface area contributed by atoms with Crippen molar-refractivity contribution >= 4 is 0 Å². The average molecular weight is 323 g/mol. The summed E-state index contributed by atoms with van der Waals surface area (Å²) in [7, 11) is 0. The van der Waals surface area contributed by atoms with Gasteiger partial charge in [0.2, 0.25) is 0 Å². The van der Waals surface area contributed by atoms with Crippen LogP contribution in [0.1, 0.15) is 92.9 Å². The van der Waals surface area contributed by atoms with Crippen molar-refractivity contribution in [3.05, 3.63) is 23.3 Å². The van der Waals surface area contributed by atoms with Crippen molar-refractivity contribution in [1.82, 2.24) is 0 Å². The third-order valence-electron chi connectivity index (χ3n) is 4.88. The zero-order valence-corrected chi connectivity index (χ0v) is 17.1. The van der Waals surface area contributed by atoms with Gasteiger partial charge in [0.05, 0.1) is 26.2 Å². The maximum Gasteiger partial charge on any atom is 0.0976 e. The van der Waals surface area contributed by atoms with Gasteiger partial charge in [-0.15, -0.1) is 0 Å². The van der Waals surface area contributed by atoms with Crippen LogP contribution in [0.15, 0.2) is 23.3 Å². The van der Waals surface area contributed by atoms with Gasteiger partial charge in [0.25, 0.3) is 0 Å². The second kappa shape index (κ2) is 13.8. The summed E-state index contributed by atoms with van der Waals surface area (Å²) in [6.45, 7) is 19.1. The molecule has 0 aliphatic heterocycles. The highest BCUT2D eigenvalue weighted by Crippen LogP contribution is 2.17. The van der Waals surface area contributed by atoms with Crippen LogP contribution >= 0.6 is 0 Å². The van der Waals surface area contributed by atoms with E-state index in [-0.39, 0.29) is 0 Å². The lowest BCUT2D eigenvalue weighted by Crippen LogP contribution is -2.50. The molecule has 0 bridgehead atoms. The second-order valence-electron chi connectivity index (χ2n) is 7.63. The molecular formula is C22H44N+. The lowest BCUT2D eigenvalue weighted by atomic mass is 10.1. The first-order valence-electron chi connectivity index (χ1n) is 10.1. The van der Waals surface area contributed by atoms with Gasteiger partial charge in [-0.25, -0.2) is 0 Å². The zero-order valence-electron chi connectivity index (χ0n) is 17.1. The molecule has 0 aliphatic carbocycles. The van der Waals surface area contributed by atoms with Crippen molar-refractivity contribution in [3.63, 3.8) is 0 Å². The van der Waals surface area contributed by atoms with Crippen LogP contribution in [0.2, 0.25) is 0 Å². The van der Waals surface area contributed by atoms with Crippen LogP contribution in [-0.2, 0) is 0 Å². The Labute approximate surface area is 147 Å². The molecule has 0 saturated carbocycles. The predicted octanol–water partition coefficient (Wildman–Crippen LogP) is 6.90. The fourth-order valence-corrected chi connectivity index (χ4v) is 3.13. The molecule has 0 aliphatic rings. The largest absolute Gasteiger partial charge is 0.320 e. The Bertz CT molecular complexity index is 312. The molecule has 0 atom stereocenters. The van der Waals surface area contributed by atoms with Crippen molar-refractivity contribution in [3.8, 4) is 0 Å². The fourth-order valence-electron chi connectivity index (χ4n) is 3.13. The molecular weight excluding hydrogens is 278 g/mol. The van der Waals surface area contributed by atoms with Gasteiger partial charge in [-0.05, 0) is 59.0 Å². The van der Waals surface area contributed by atoms with Crippen molar-refractivity contribution in [1.29, 1.82) is 0 Å². The summed E-state index contributed by atoms with van der Waals surface area (Å²) in [5.74, 6) is 0. The predicted molar refractivity (Wildman–Crippen MR) is 107 cm³/mol. The van der Waals surface area contributed by atoms with E-state index in [1.807, 2.05) is 0 Å². The van der Waals surface area contributed by atoms with Crippen molar-refractivity contribution in [2.45, 2.75) is 92.9 Å². The van der Waals surface area contributed by atoms with E-state index in [9.17, 15) is 0 Å². The number of unbranched alkanes of at least 4 members (excludes halogenated alkanes) is 3. The molecule has 0 aromatic rings. The average Bonchev–Trinajstić information content (AvgIpc) is 2.53. The van der Waals surface area contributed by atoms with E-state index in [1.165, 1.54) is 87.6 Å². The van der Waals surface area contributed by atoms with Gasteiger partial charge < -0.3 is 4.48 Å². The Morgan fingerprint density at radius 3 is 1.61 bits per heavy atom. The molecule has 0 aromatic heterocycles. The van der Waals surface area contributed by atoms with Crippen LogP contribution in [0, 0.1) is 0 Å². The summed E-state index contributed by atoms with van der Waals surface area (Å²) in [6, 6.07) is 0. The van der Waals surface area contributed by atoms with Gasteiger partial charge in [-0.1, -0.05) is 57.3 Å². The first kappa shape index (κ1) is 22.4. The quantitative estimate of drug-likeness (QED) is 0.241. The van der Waals surface area contributed by atoms with E-state index < -0.39 is 0 Å². The standard InChI is InChI=1S/C22H44N/c1-7-10-17-23(18-11-8-2,19-12-9-3)20-16-22(6)15-13-14-21(4)5/h14,16H,7-13,15,17-20H2,1-6H3/q+1. The van der Waals surface area contributed by atoms with Crippen molar-refractivity contribution in [2.24, 2.45) is 0 Å². The summed E-state index contributed by atoms with van der Waals surface area (Å²) < 4.78 is 1.33. The fraction of sp³-hybridized carbons (Fsp3) is 0.818. The number of nitrogens with zero attached hydrogens (tertiary/aromatic N) is 1. The Hall–Kier alpha value is -0.560. The third kappa shape index (κ3) is 11.6. The highest BCUT2D eigenvalue weighted by Gasteiger charge is 2.24. The minimum Gasteiger partial charge on any atom is -0.320 e. The van der Waals surface area contributed by atoms with Gasteiger partial charge in [0.1, 0.15) is 0 Å². The van der Waals surface area contributed by atoms with E-state index in [4.69, 9.17) is 0 Å². The topological polar surface area (TPSA) is 0 Å². The number of allylic oxidation sites excluding steroid dienone is 3. The Morgan fingerprint density at radius 1 is 0.739 bits per heavy atom. The monoisotopic (exact) mass is 322 g/mol. The van der Waals surface area contributed by atoms with Gasteiger partial charge in [-0.3, -0.25) is 0 Å². The lowest BCUT2D eigenvalue weighted by Gasteiger charge is -2.38. The van der Waals surface area contributed by atoms with E-state index in [1.54, 1.807) is 5.57 Å². The maximum absolute atomic E-state index is 2.56. The number of hydrogen-bond acceptors (Lipinski definition) is 0. The molecule has 0 rings (SSSR count). The van der Waals surface area contributed by atoms with Crippen LogP contribution in [0.3, 0.4) is 0 Å². The SMILES string of the molecule is CCCC[N+](CC=C(C)CCC=C(C)C)(CCCC)CCCC. The highest BCUT2D eigenvalue weighted by molar-refractivity contribution is 5.02. The van der Waals surface area contributed by atoms with Gasteiger partial charge in [0.15, 0.2) is 0 Å². The molecule has 0 heterocycles. The first-order valence-corrected chi connectivity index (χ1v) is 10.1. The van der Waals surface area contributed by atoms with E-state index in [2.05, 4.69) is 53.7 Å². The molecule has 0 radical (unpaired) electrons. The minimum absolute atomic E-state index is 1.20. The normalized spacial score (nSPS) is 12.5. The lowest BCUT2D eigenvalue weighted by molar-refractivity contribution is -0.923. The summed E-state index contributed by atoms with van der Waals surface area (Å²) in [5.41, 5.74) is 3.02. The molecule has 0 spiro atoms. The van der Waals surface area contributed by atoms with Crippen LogP contribution < -0.4 is 0 Å². The number of quaternary nitrogens is 1. The summed E-state index contributed by atoms with van der Waals surface area (Å²) in [4.78, 5) is 0. The second-order valence-corrected chi connectivity index (χ2v) is 7.63. The Balaban J connectivity index is 4.81. The third-order valence-corrected chi connectivity index (χ3v) is 4.88. The van der Waals surface area contributed by atoms with Crippen molar-refractivity contribution in [2.75, 3.05) is 26.2 Å². The maximum atomic E-state index is 2.56. The molecule has 0 N–H and O–H groups in total. The smallest absolute Gasteiger partial charge is 0.0976 e. The van der Waals surface area contributed by atoms with E-state index in [0.717, 1.165) is 0 Å². The summed E-state index contributed by atoms with van der Waals surface area (Å²) >= 11 is 0. The van der Waals surface area contributed by atoms with Crippen LogP contribution in [0.25, 0.3) is 0 Å². The molecule has 0 aromatic carbocycles. The molecule has 1 nitrogen and oxygen atoms in total. The molecule has 136 valence electrons. The number of hydrogen-bond donors (Lipinski definition) is 0. The summed E-state index contributed by atoms with van der Waals surface area (Å²) in [6.07, 6.45) is 15.4. The summed E-state index contributed by atoms with van der Waals surface area (Å²) in [5, 5.41) is 0. The van der Waals surface area contributed by atoms with Crippen LogP contribution in [-0.4, -0.2) is 30.7 Å². The molecule has 0 amide bonds. The molecule has 1 heteroatoms. The van der Waals surface area contributed by atoms with Gasteiger partial charge in [-0.2, -0.15) is 0 Å². The van der Waals surface area contributed by atoms with Crippen molar-refractivity contribution < 1.29 is 4.48 Å². The van der Waals surface area contributed by atoms with E-state index >= 15 is 0 Å². The molecule has 23 heavy (non-hydrogen) atoms. The molecule has 0 saturated heterocycles. The van der Waals surface area contributed by atoms with Crippen LogP contribution in [0.5, 0.6) is 0 Å². The first-order chi connectivity index (χ1) is 11.0. The Morgan fingerprint density at radius 2 is 1.22 bits per heavy atom.